The van der Waals surface area contributed by atoms with Gasteiger partial charge in [-0.3, -0.25) is 0 Å². The van der Waals surface area contributed by atoms with Gasteiger partial charge in [0, 0.05) is 24.2 Å². The molecule has 0 aliphatic heterocycles. The molecule has 2 N–H and O–H groups in total. The fraction of sp³-hybridized carbons (Fsp3) is 0.500. The first kappa shape index (κ1) is 21.9. The van der Waals surface area contributed by atoms with Gasteiger partial charge in [-0.2, -0.15) is 13.2 Å². The average molecular weight is 415 g/mol. The quantitative estimate of drug-likeness (QED) is 0.506. The number of aromatic nitrogens is 2. The smallest absolute Gasteiger partial charge is 0.422 e. The summed E-state index contributed by atoms with van der Waals surface area (Å²) >= 11 is 1.60. The molecule has 2 aromatic heterocycles. The molecule has 0 aromatic carbocycles. The Morgan fingerprint density at radius 3 is 2.64 bits per heavy atom. The molecule has 0 aliphatic rings. The standard InChI is InChI=1S/C18H24F3N5OS/c1-4-22-17(25-9-16-26-14(10-28-16)12(2)3)24-8-13-5-6-15(23-7-13)27-11-18(19,20)21/h5-7,10,12H,4,8-9,11H2,1-3H3,(H2,22,24,25). The summed E-state index contributed by atoms with van der Waals surface area (Å²) < 4.78 is 41.0. The van der Waals surface area contributed by atoms with Gasteiger partial charge >= 0.3 is 6.18 Å². The predicted molar refractivity (Wildman–Crippen MR) is 104 cm³/mol. The summed E-state index contributed by atoms with van der Waals surface area (Å²) in [6.07, 6.45) is -2.93. The van der Waals surface area contributed by atoms with Crippen molar-refractivity contribution in [2.24, 2.45) is 4.99 Å². The van der Waals surface area contributed by atoms with Crippen LogP contribution in [-0.4, -0.2) is 35.3 Å². The van der Waals surface area contributed by atoms with Crippen molar-refractivity contribution in [2.75, 3.05) is 13.2 Å². The molecule has 0 saturated carbocycles. The molecule has 2 heterocycles. The number of pyridine rings is 1. The highest BCUT2D eigenvalue weighted by molar-refractivity contribution is 7.09. The van der Waals surface area contributed by atoms with Crippen LogP contribution >= 0.6 is 11.3 Å². The first-order chi connectivity index (χ1) is 13.3. The summed E-state index contributed by atoms with van der Waals surface area (Å²) in [4.78, 5) is 12.9. The molecule has 154 valence electrons. The Hall–Kier alpha value is -2.36. The van der Waals surface area contributed by atoms with Crippen LogP contribution in [0, 0.1) is 0 Å². The Kier molecular flexibility index (Phi) is 8.04. The van der Waals surface area contributed by atoms with E-state index < -0.39 is 12.8 Å². The Morgan fingerprint density at radius 1 is 1.29 bits per heavy atom. The number of halogens is 3. The number of nitrogens with zero attached hydrogens (tertiary/aromatic N) is 3. The predicted octanol–water partition coefficient (Wildman–Crippen LogP) is 3.86. The van der Waals surface area contributed by atoms with E-state index in [2.05, 4.69) is 49.6 Å². The first-order valence-corrected chi connectivity index (χ1v) is 9.75. The lowest BCUT2D eigenvalue weighted by molar-refractivity contribution is -0.154. The number of hydrogen-bond donors (Lipinski definition) is 2. The van der Waals surface area contributed by atoms with Crippen LogP contribution in [0.4, 0.5) is 13.2 Å². The number of alkyl halides is 3. The molecular weight excluding hydrogens is 391 g/mol. The average Bonchev–Trinajstić information content (AvgIpc) is 3.12. The van der Waals surface area contributed by atoms with Gasteiger partial charge in [0.2, 0.25) is 5.88 Å². The topological polar surface area (TPSA) is 71.4 Å². The Bertz CT molecular complexity index is 759. The Labute approximate surface area is 166 Å². The molecule has 0 radical (unpaired) electrons. The summed E-state index contributed by atoms with van der Waals surface area (Å²) in [5.74, 6) is 0.948. The van der Waals surface area contributed by atoms with E-state index in [0.29, 0.717) is 31.5 Å². The van der Waals surface area contributed by atoms with Gasteiger partial charge in [-0.25, -0.2) is 15.0 Å². The zero-order chi connectivity index (χ0) is 20.6. The fourth-order valence-electron chi connectivity index (χ4n) is 2.09. The maximum atomic E-state index is 12.2. The lowest BCUT2D eigenvalue weighted by Gasteiger charge is -2.10. The molecule has 28 heavy (non-hydrogen) atoms. The number of ether oxygens (including phenoxy) is 1. The second-order valence-electron chi connectivity index (χ2n) is 6.28. The summed E-state index contributed by atoms with van der Waals surface area (Å²) in [5, 5.41) is 9.40. The van der Waals surface area contributed by atoms with E-state index in [9.17, 15) is 13.2 Å². The van der Waals surface area contributed by atoms with E-state index in [1.54, 1.807) is 17.4 Å². The molecule has 0 spiro atoms. The minimum absolute atomic E-state index is 0.0696. The molecule has 6 nitrogen and oxygen atoms in total. The van der Waals surface area contributed by atoms with Crippen molar-refractivity contribution in [1.29, 1.82) is 0 Å². The fourth-order valence-corrected chi connectivity index (χ4v) is 2.98. The van der Waals surface area contributed by atoms with Crippen molar-refractivity contribution in [1.82, 2.24) is 20.6 Å². The number of rotatable bonds is 8. The van der Waals surface area contributed by atoms with Gasteiger partial charge in [-0.05, 0) is 18.4 Å². The van der Waals surface area contributed by atoms with E-state index in [-0.39, 0.29) is 5.88 Å². The van der Waals surface area contributed by atoms with Crippen molar-refractivity contribution < 1.29 is 17.9 Å². The highest BCUT2D eigenvalue weighted by Crippen LogP contribution is 2.18. The Balaban J connectivity index is 1.90. The number of hydrogen-bond acceptors (Lipinski definition) is 5. The highest BCUT2D eigenvalue weighted by Gasteiger charge is 2.28. The highest BCUT2D eigenvalue weighted by atomic mass is 32.1. The SMILES string of the molecule is CCNC(=NCc1ccc(OCC(F)(F)F)nc1)NCc1nc(C(C)C)cs1. The van der Waals surface area contributed by atoms with Crippen molar-refractivity contribution in [3.8, 4) is 5.88 Å². The van der Waals surface area contributed by atoms with Gasteiger partial charge in [0.15, 0.2) is 12.6 Å². The van der Waals surface area contributed by atoms with Crippen LogP contribution in [0.1, 0.15) is 43.0 Å². The minimum Gasteiger partial charge on any atom is -0.468 e. The molecule has 0 fully saturated rings. The third-order valence-electron chi connectivity index (χ3n) is 3.51. The van der Waals surface area contributed by atoms with Crippen molar-refractivity contribution in [3.05, 3.63) is 40.0 Å². The molecule has 0 saturated heterocycles. The molecule has 0 aliphatic carbocycles. The van der Waals surface area contributed by atoms with Crippen molar-refractivity contribution in [2.45, 2.75) is 46.0 Å². The molecule has 2 rings (SSSR count). The van der Waals surface area contributed by atoms with Crippen molar-refractivity contribution >= 4 is 17.3 Å². The molecule has 2 aromatic rings. The van der Waals surface area contributed by atoms with Crippen molar-refractivity contribution in [3.63, 3.8) is 0 Å². The number of guanidine groups is 1. The van der Waals surface area contributed by atoms with Gasteiger partial charge in [-0.15, -0.1) is 11.3 Å². The van der Waals surface area contributed by atoms with Gasteiger partial charge in [0.1, 0.15) is 5.01 Å². The van der Waals surface area contributed by atoms with Crippen LogP contribution < -0.4 is 15.4 Å². The third kappa shape index (κ3) is 7.71. The van der Waals surface area contributed by atoms with Crippen LogP contribution in [0.5, 0.6) is 5.88 Å². The van der Waals surface area contributed by atoms with Crippen LogP contribution in [0.2, 0.25) is 0 Å². The molecule has 10 heteroatoms. The maximum Gasteiger partial charge on any atom is 0.422 e. The molecule has 0 bridgehead atoms. The Morgan fingerprint density at radius 2 is 2.07 bits per heavy atom. The first-order valence-electron chi connectivity index (χ1n) is 8.87. The molecule has 0 unspecified atom stereocenters. The van der Waals surface area contributed by atoms with Crippen LogP contribution in [0.15, 0.2) is 28.7 Å². The number of nitrogens with one attached hydrogen (secondary N) is 2. The van der Waals surface area contributed by atoms with Gasteiger partial charge in [0.25, 0.3) is 0 Å². The van der Waals surface area contributed by atoms with Gasteiger partial charge < -0.3 is 15.4 Å². The maximum absolute atomic E-state index is 12.2. The van der Waals surface area contributed by atoms with Crippen LogP contribution in [0.3, 0.4) is 0 Å². The van der Waals surface area contributed by atoms with Crippen LogP contribution in [0.25, 0.3) is 0 Å². The molecular formula is C18H24F3N5OS. The zero-order valence-electron chi connectivity index (χ0n) is 16.0. The lowest BCUT2D eigenvalue weighted by atomic mass is 10.2. The second-order valence-corrected chi connectivity index (χ2v) is 7.22. The van der Waals surface area contributed by atoms with E-state index in [0.717, 1.165) is 16.3 Å². The normalized spacial score (nSPS) is 12.3. The summed E-state index contributed by atoms with van der Waals surface area (Å²) in [6.45, 7) is 6.40. The number of aliphatic imine (C=N–C) groups is 1. The number of thiazole rings is 1. The van der Waals surface area contributed by atoms with E-state index in [4.69, 9.17) is 0 Å². The van der Waals surface area contributed by atoms with E-state index >= 15 is 0 Å². The lowest BCUT2D eigenvalue weighted by Crippen LogP contribution is -2.36. The van der Waals surface area contributed by atoms with Gasteiger partial charge in [-0.1, -0.05) is 19.9 Å². The van der Waals surface area contributed by atoms with E-state index in [1.165, 1.54) is 12.3 Å². The van der Waals surface area contributed by atoms with E-state index in [1.807, 2.05) is 6.92 Å². The molecule has 0 amide bonds. The second kappa shape index (κ2) is 10.3. The minimum atomic E-state index is -4.38. The summed E-state index contributed by atoms with van der Waals surface area (Å²) in [7, 11) is 0. The summed E-state index contributed by atoms with van der Waals surface area (Å²) in [6, 6.07) is 3.04. The zero-order valence-corrected chi connectivity index (χ0v) is 16.8. The largest absolute Gasteiger partial charge is 0.468 e. The summed E-state index contributed by atoms with van der Waals surface area (Å²) in [5.41, 5.74) is 1.83. The van der Waals surface area contributed by atoms with Gasteiger partial charge in [0.05, 0.1) is 18.8 Å². The monoisotopic (exact) mass is 415 g/mol. The molecule has 0 atom stereocenters. The van der Waals surface area contributed by atoms with Crippen LogP contribution in [-0.2, 0) is 13.1 Å². The third-order valence-corrected chi connectivity index (χ3v) is 4.38.